The van der Waals surface area contributed by atoms with Gasteiger partial charge in [0.2, 0.25) is 21.7 Å². The first-order valence-corrected chi connectivity index (χ1v) is 10.3. The van der Waals surface area contributed by atoms with E-state index < -0.39 is 14.9 Å². The van der Waals surface area contributed by atoms with Crippen molar-refractivity contribution in [3.05, 3.63) is 70.1 Å². The number of nitrogens with zero attached hydrogens (tertiary/aromatic N) is 4. The number of non-ortho nitro benzene ring substituents is 1. The Morgan fingerprint density at radius 3 is 2.48 bits per heavy atom. The lowest BCUT2D eigenvalue weighted by Crippen LogP contribution is -2.26. The molecule has 0 radical (unpaired) electrons. The highest BCUT2D eigenvalue weighted by Crippen LogP contribution is 2.23. The molecular weight excluding hydrogens is 396 g/mol. The van der Waals surface area contributed by atoms with Crippen molar-refractivity contribution in [3.63, 3.8) is 0 Å². The van der Waals surface area contributed by atoms with Crippen LogP contribution < -0.4 is 0 Å². The number of nitro groups is 1. The Morgan fingerprint density at radius 1 is 1.17 bits per heavy atom. The van der Waals surface area contributed by atoms with Crippen LogP contribution >= 0.6 is 0 Å². The van der Waals surface area contributed by atoms with Crippen LogP contribution in [0.4, 0.5) is 5.69 Å². The first kappa shape index (κ1) is 20.6. The average molecular weight is 416 g/mol. The molecule has 3 aromatic rings. The van der Waals surface area contributed by atoms with Gasteiger partial charge in [-0.15, -0.1) is 0 Å². The van der Waals surface area contributed by atoms with E-state index in [1.165, 1.54) is 30.8 Å². The topological polar surface area (TPSA) is 119 Å². The summed E-state index contributed by atoms with van der Waals surface area (Å²) < 4.78 is 31.6. The number of hydrogen-bond acceptors (Lipinski definition) is 7. The fraction of sp³-hybridized carbons (Fsp3) is 0.263. The van der Waals surface area contributed by atoms with Gasteiger partial charge in [-0.3, -0.25) is 10.1 Å². The molecule has 0 aliphatic rings. The monoisotopic (exact) mass is 416 g/mol. The van der Waals surface area contributed by atoms with E-state index in [1.807, 2.05) is 24.3 Å². The number of benzene rings is 2. The highest BCUT2D eigenvalue weighted by Gasteiger charge is 2.25. The van der Waals surface area contributed by atoms with Crippen molar-refractivity contribution >= 4 is 15.7 Å². The molecule has 0 amide bonds. The van der Waals surface area contributed by atoms with Crippen LogP contribution in [0.25, 0.3) is 11.4 Å². The zero-order chi connectivity index (χ0) is 21.2. The van der Waals surface area contributed by atoms with Crippen LogP contribution in [0.1, 0.15) is 31.2 Å². The molecule has 0 fully saturated rings. The highest BCUT2D eigenvalue weighted by molar-refractivity contribution is 7.89. The summed E-state index contributed by atoms with van der Waals surface area (Å²) in [4.78, 5) is 14.3. The Balaban J connectivity index is 1.78. The lowest BCUT2D eigenvalue weighted by molar-refractivity contribution is -0.385. The minimum Gasteiger partial charge on any atom is -0.338 e. The average Bonchev–Trinajstić information content (AvgIpc) is 3.16. The lowest BCUT2D eigenvalue weighted by atomic mass is 10.0. The van der Waals surface area contributed by atoms with E-state index in [0.717, 1.165) is 15.9 Å². The Hall–Kier alpha value is -3.11. The molecule has 0 bridgehead atoms. The summed E-state index contributed by atoms with van der Waals surface area (Å²) in [7, 11) is -2.62. The van der Waals surface area contributed by atoms with Crippen molar-refractivity contribution in [1.29, 1.82) is 0 Å². The SMILES string of the molecule is CC(C)c1ccc(-c2noc(CN(C)S(=O)(=O)c3cccc([N+](=O)[O-])c3)n2)cc1. The molecule has 0 aliphatic heterocycles. The number of sulfonamides is 1. The van der Waals surface area contributed by atoms with Crippen molar-refractivity contribution in [1.82, 2.24) is 14.4 Å². The summed E-state index contributed by atoms with van der Waals surface area (Å²) in [5.74, 6) is 0.874. The van der Waals surface area contributed by atoms with E-state index in [-0.39, 0.29) is 23.0 Å². The smallest absolute Gasteiger partial charge is 0.270 e. The van der Waals surface area contributed by atoms with Crippen LogP contribution in [0.3, 0.4) is 0 Å². The van der Waals surface area contributed by atoms with Crippen LogP contribution in [0.15, 0.2) is 57.9 Å². The van der Waals surface area contributed by atoms with E-state index in [4.69, 9.17) is 4.52 Å². The van der Waals surface area contributed by atoms with Crippen LogP contribution in [-0.2, 0) is 16.6 Å². The summed E-state index contributed by atoms with van der Waals surface area (Å²) in [5.41, 5.74) is 1.64. The normalized spacial score (nSPS) is 11.9. The van der Waals surface area contributed by atoms with Gasteiger partial charge in [0, 0.05) is 24.7 Å². The molecule has 1 heterocycles. The molecule has 0 saturated heterocycles. The van der Waals surface area contributed by atoms with Crippen LogP contribution in [0, 0.1) is 10.1 Å². The fourth-order valence-electron chi connectivity index (χ4n) is 2.67. The molecule has 29 heavy (non-hydrogen) atoms. The summed E-state index contributed by atoms with van der Waals surface area (Å²) in [6.45, 7) is 4.03. The van der Waals surface area contributed by atoms with Gasteiger partial charge < -0.3 is 4.52 Å². The Bertz CT molecular complexity index is 1120. The van der Waals surface area contributed by atoms with Gasteiger partial charge in [-0.2, -0.15) is 9.29 Å². The summed E-state index contributed by atoms with van der Waals surface area (Å²) >= 11 is 0. The van der Waals surface area contributed by atoms with Gasteiger partial charge >= 0.3 is 0 Å². The van der Waals surface area contributed by atoms with E-state index >= 15 is 0 Å². The third-order valence-corrected chi connectivity index (χ3v) is 6.20. The number of nitro benzene ring substituents is 1. The third-order valence-electron chi connectivity index (χ3n) is 4.40. The largest absolute Gasteiger partial charge is 0.338 e. The van der Waals surface area contributed by atoms with Crippen molar-refractivity contribution in [3.8, 4) is 11.4 Å². The Kier molecular flexibility index (Phi) is 5.76. The molecule has 152 valence electrons. The summed E-state index contributed by atoms with van der Waals surface area (Å²) in [5, 5.41) is 14.8. The van der Waals surface area contributed by atoms with Crippen molar-refractivity contribution in [2.45, 2.75) is 31.2 Å². The van der Waals surface area contributed by atoms with Crippen LogP contribution in [-0.4, -0.2) is 34.8 Å². The molecule has 0 spiro atoms. The quantitative estimate of drug-likeness (QED) is 0.426. The summed E-state index contributed by atoms with van der Waals surface area (Å²) in [6, 6.07) is 12.6. The maximum Gasteiger partial charge on any atom is 0.270 e. The second-order valence-electron chi connectivity index (χ2n) is 6.80. The number of hydrogen-bond donors (Lipinski definition) is 0. The maximum atomic E-state index is 12.7. The second kappa shape index (κ2) is 8.10. The van der Waals surface area contributed by atoms with Gasteiger partial charge in [-0.05, 0) is 17.5 Å². The molecule has 0 aliphatic carbocycles. The minimum atomic E-state index is -3.96. The molecule has 9 nitrogen and oxygen atoms in total. The van der Waals surface area contributed by atoms with Gasteiger partial charge in [-0.25, -0.2) is 8.42 Å². The second-order valence-corrected chi connectivity index (χ2v) is 8.85. The predicted molar refractivity (Wildman–Crippen MR) is 106 cm³/mol. The zero-order valence-electron chi connectivity index (χ0n) is 16.1. The lowest BCUT2D eigenvalue weighted by Gasteiger charge is -2.14. The number of aromatic nitrogens is 2. The standard InChI is InChI=1S/C19H20N4O5S/c1-13(2)14-7-9-15(10-8-14)19-20-18(28-21-19)12-22(3)29(26,27)17-6-4-5-16(11-17)23(24)25/h4-11,13H,12H2,1-3H3. The Labute approximate surface area is 168 Å². The third kappa shape index (κ3) is 4.49. The van der Waals surface area contributed by atoms with E-state index in [9.17, 15) is 18.5 Å². The molecule has 1 aromatic heterocycles. The van der Waals surface area contributed by atoms with E-state index in [0.29, 0.717) is 11.7 Å². The van der Waals surface area contributed by atoms with Crippen molar-refractivity contribution in [2.24, 2.45) is 0 Å². The van der Waals surface area contributed by atoms with E-state index in [1.54, 1.807) is 0 Å². The van der Waals surface area contributed by atoms with E-state index in [2.05, 4.69) is 24.0 Å². The van der Waals surface area contributed by atoms with Gasteiger partial charge in [-0.1, -0.05) is 49.3 Å². The molecular formula is C19H20N4O5S. The van der Waals surface area contributed by atoms with Crippen molar-refractivity contribution in [2.75, 3.05) is 7.05 Å². The molecule has 10 heteroatoms. The number of rotatable bonds is 7. The first-order valence-electron chi connectivity index (χ1n) is 8.82. The van der Waals surface area contributed by atoms with Gasteiger partial charge in [0.25, 0.3) is 5.69 Å². The highest BCUT2D eigenvalue weighted by atomic mass is 32.2. The zero-order valence-corrected chi connectivity index (χ0v) is 17.0. The molecule has 0 N–H and O–H groups in total. The van der Waals surface area contributed by atoms with Crippen LogP contribution in [0.2, 0.25) is 0 Å². The molecule has 3 rings (SSSR count). The van der Waals surface area contributed by atoms with Gasteiger partial charge in [0.1, 0.15) is 0 Å². The predicted octanol–water partition coefficient (Wildman–Crippen LogP) is 3.59. The van der Waals surface area contributed by atoms with Gasteiger partial charge in [0.15, 0.2) is 0 Å². The first-order chi connectivity index (χ1) is 13.7. The van der Waals surface area contributed by atoms with Crippen molar-refractivity contribution < 1.29 is 17.9 Å². The molecule has 0 saturated carbocycles. The maximum absolute atomic E-state index is 12.7. The molecule has 0 atom stereocenters. The van der Waals surface area contributed by atoms with Gasteiger partial charge in [0.05, 0.1) is 16.4 Å². The Morgan fingerprint density at radius 2 is 1.86 bits per heavy atom. The minimum absolute atomic E-state index is 0.115. The fourth-order valence-corrected chi connectivity index (χ4v) is 3.83. The molecule has 0 unspecified atom stereocenters. The summed E-state index contributed by atoms with van der Waals surface area (Å²) in [6.07, 6.45) is 0. The molecule has 2 aromatic carbocycles. The van der Waals surface area contributed by atoms with Crippen LogP contribution in [0.5, 0.6) is 0 Å².